The molecule has 0 spiro atoms. The first-order valence-corrected chi connectivity index (χ1v) is 6.94. The van der Waals surface area contributed by atoms with Gasteiger partial charge in [-0.15, -0.1) is 0 Å². The number of aryl methyl sites for hydroxylation is 1. The molecule has 6 nitrogen and oxygen atoms in total. The fourth-order valence-electron chi connectivity index (χ4n) is 2.01. The number of carbonyl (C=O) groups excluding carboxylic acids is 1. The van der Waals surface area contributed by atoms with E-state index >= 15 is 0 Å². The number of rotatable bonds is 5. The maximum Gasteiger partial charge on any atom is 0.315 e. The average molecular weight is 324 g/mol. The summed E-state index contributed by atoms with van der Waals surface area (Å²) in [6.45, 7) is 1.48. The van der Waals surface area contributed by atoms with Crippen molar-refractivity contribution in [3.05, 3.63) is 53.4 Å². The van der Waals surface area contributed by atoms with E-state index in [-0.39, 0.29) is 13.1 Å². The van der Waals surface area contributed by atoms with Gasteiger partial charge in [0.2, 0.25) is 0 Å². The molecule has 0 aliphatic heterocycles. The van der Waals surface area contributed by atoms with Gasteiger partial charge in [0.25, 0.3) is 0 Å². The Morgan fingerprint density at radius 2 is 1.96 bits per heavy atom. The summed E-state index contributed by atoms with van der Waals surface area (Å²) in [5.41, 5.74) is -0.416. The van der Waals surface area contributed by atoms with Gasteiger partial charge in [0.15, 0.2) is 0 Å². The van der Waals surface area contributed by atoms with E-state index in [0.717, 1.165) is 18.2 Å². The van der Waals surface area contributed by atoms with Crippen LogP contribution in [0.25, 0.3) is 0 Å². The van der Waals surface area contributed by atoms with Crippen molar-refractivity contribution >= 4 is 6.03 Å². The molecule has 1 aromatic heterocycles. The Hall–Kier alpha value is -2.48. The smallest absolute Gasteiger partial charge is 0.315 e. The molecule has 2 rings (SSSR count). The highest BCUT2D eigenvalue weighted by atomic mass is 19.1. The maximum absolute atomic E-state index is 13.0. The number of hydrogen-bond acceptors (Lipinski definition) is 3. The zero-order valence-corrected chi connectivity index (χ0v) is 12.8. The Bertz CT molecular complexity index is 680. The van der Waals surface area contributed by atoms with Crippen molar-refractivity contribution in [2.24, 2.45) is 7.05 Å². The highest BCUT2D eigenvalue weighted by Crippen LogP contribution is 2.18. The molecule has 0 saturated heterocycles. The second-order valence-electron chi connectivity index (χ2n) is 5.49. The van der Waals surface area contributed by atoms with Crippen molar-refractivity contribution in [1.82, 2.24) is 20.4 Å². The van der Waals surface area contributed by atoms with Gasteiger partial charge in [-0.2, -0.15) is 5.10 Å². The lowest BCUT2D eigenvalue weighted by molar-refractivity contribution is 0.0593. The zero-order valence-electron chi connectivity index (χ0n) is 12.8. The molecule has 23 heavy (non-hydrogen) atoms. The molecule has 8 heteroatoms. The summed E-state index contributed by atoms with van der Waals surface area (Å²) in [5, 5.41) is 19.2. The molecular weight excluding hydrogens is 306 g/mol. The minimum absolute atomic E-state index is 0.0322. The van der Waals surface area contributed by atoms with E-state index in [1.54, 1.807) is 24.9 Å². The fourth-order valence-corrected chi connectivity index (χ4v) is 2.01. The van der Waals surface area contributed by atoms with E-state index in [1.165, 1.54) is 6.20 Å². The number of amides is 2. The number of aliphatic hydroxyl groups is 1. The van der Waals surface area contributed by atoms with Gasteiger partial charge < -0.3 is 15.7 Å². The van der Waals surface area contributed by atoms with Crippen molar-refractivity contribution in [3.8, 4) is 0 Å². The molecule has 1 aromatic carbocycles. The maximum atomic E-state index is 13.0. The molecule has 124 valence electrons. The first-order chi connectivity index (χ1) is 10.8. The van der Waals surface area contributed by atoms with Crippen LogP contribution in [0.5, 0.6) is 0 Å². The van der Waals surface area contributed by atoms with Crippen LogP contribution in [0.15, 0.2) is 30.6 Å². The van der Waals surface area contributed by atoms with E-state index in [4.69, 9.17) is 0 Å². The molecule has 0 aliphatic carbocycles. The Morgan fingerprint density at radius 3 is 2.52 bits per heavy atom. The number of benzene rings is 1. The molecule has 0 fully saturated rings. The van der Waals surface area contributed by atoms with Crippen molar-refractivity contribution < 1.29 is 18.7 Å². The number of carbonyl (C=O) groups is 1. The van der Waals surface area contributed by atoms with E-state index in [9.17, 15) is 18.7 Å². The standard InChI is InChI=1S/C15H18F2N4O2/c1-15(23,11-7-20-21(2)8-11)9-19-14(22)18-6-10-3-12(16)5-13(17)4-10/h3-5,7-8,23H,6,9H2,1-2H3,(H2,18,19,22)/t15-/m0/s1. The van der Waals surface area contributed by atoms with Gasteiger partial charge in [-0.25, -0.2) is 13.6 Å². The largest absolute Gasteiger partial charge is 0.383 e. The van der Waals surface area contributed by atoms with Gasteiger partial charge in [0.05, 0.1) is 12.7 Å². The van der Waals surface area contributed by atoms with E-state index in [0.29, 0.717) is 11.1 Å². The summed E-state index contributed by atoms with van der Waals surface area (Å²) < 4.78 is 27.6. The summed E-state index contributed by atoms with van der Waals surface area (Å²) >= 11 is 0. The van der Waals surface area contributed by atoms with Gasteiger partial charge in [-0.05, 0) is 24.6 Å². The van der Waals surface area contributed by atoms with E-state index < -0.39 is 23.3 Å². The second-order valence-corrected chi connectivity index (χ2v) is 5.49. The van der Waals surface area contributed by atoms with Gasteiger partial charge in [-0.1, -0.05) is 0 Å². The lowest BCUT2D eigenvalue weighted by atomic mass is 10.00. The topological polar surface area (TPSA) is 79.2 Å². The van der Waals surface area contributed by atoms with Crippen LogP contribution in [0, 0.1) is 11.6 Å². The number of nitrogens with one attached hydrogen (secondary N) is 2. The molecular formula is C15H18F2N4O2. The third-order valence-electron chi connectivity index (χ3n) is 3.30. The third kappa shape index (κ3) is 4.75. The number of hydrogen-bond donors (Lipinski definition) is 3. The molecule has 3 N–H and O–H groups in total. The van der Waals surface area contributed by atoms with Crippen molar-refractivity contribution in [1.29, 1.82) is 0 Å². The Balaban J connectivity index is 1.85. The highest BCUT2D eigenvalue weighted by molar-refractivity contribution is 5.73. The lowest BCUT2D eigenvalue weighted by Gasteiger charge is -2.22. The number of halogens is 2. The van der Waals surface area contributed by atoms with Crippen LogP contribution in [0.1, 0.15) is 18.1 Å². The summed E-state index contributed by atoms with van der Waals surface area (Å²) in [5.74, 6) is -1.41. The summed E-state index contributed by atoms with van der Waals surface area (Å²) in [6, 6.07) is 2.47. The van der Waals surface area contributed by atoms with Crippen molar-refractivity contribution in [2.75, 3.05) is 6.54 Å². The molecule has 0 unspecified atom stereocenters. The number of urea groups is 1. The Labute approximate surface area is 132 Å². The first-order valence-electron chi connectivity index (χ1n) is 6.94. The molecule has 1 atom stereocenters. The average Bonchev–Trinajstić information content (AvgIpc) is 2.89. The number of aromatic nitrogens is 2. The Kier molecular flexibility index (Phi) is 4.95. The van der Waals surface area contributed by atoms with Crippen LogP contribution in [-0.4, -0.2) is 27.5 Å². The highest BCUT2D eigenvalue weighted by Gasteiger charge is 2.25. The summed E-state index contributed by atoms with van der Waals surface area (Å²) in [7, 11) is 1.72. The van der Waals surface area contributed by atoms with Gasteiger partial charge >= 0.3 is 6.03 Å². The number of nitrogens with zero attached hydrogens (tertiary/aromatic N) is 2. The monoisotopic (exact) mass is 324 g/mol. The quantitative estimate of drug-likeness (QED) is 0.778. The predicted molar refractivity (Wildman–Crippen MR) is 79.4 cm³/mol. The van der Waals surface area contributed by atoms with Gasteiger partial charge in [0, 0.05) is 31.4 Å². The predicted octanol–water partition coefficient (Wildman–Crippen LogP) is 1.41. The molecule has 0 radical (unpaired) electrons. The second kappa shape index (κ2) is 6.74. The first kappa shape index (κ1) is 16.9. The fraction of sp³-hybridized carbons (Fsp3) is 0.333. The molecule has 2 aromatic rings. The minimum Gasteiger partial charge on any atom is -0.383 e. The molecule has 1 heterocycles. The van der Waals surface area contributed by atoms with E-state index in [2.05, 4.69) is 15.7 Å². The third-order valence-corrected chi connectivity index (χ3v) is 3.30. The molecule has 0 bridgehead atoms. The normalized spacial score (nSPS) is 13.4. The molecule has 2 amide bonds. The van der Waals surface area contributed by atoms with Gasteiger partial charge in [-0.3, -0.25) is 4.68 Å². The lowest BCUT2D eigenvalue weighted by Crippen LogP contribution is -2.43. The van der Waals surface area contributed by atoms with Crippen LogP contribution in [0.3, 0.4) is 0 Å². The summed E-state index contributed by atoms with van der Waals surface area (Å²) in [4.78, 5) is 11.7. The van der Waals surface area contributed by atoms with Crippen LogP contribution in [0.2, 0.25) is 0 Å². The molecule has 0 aliphatic rings. The van der Waals surface area contributed by atoms with Crippen LogP contribution in [0.4, 0.5) is 13.6 Å². The SMILES string of the molecule is Cn1cc([C@@](C)(O)CNC(=O)NCc2cc(F)cc(F)c2)cn1. The molecule has 0 saturated carbocycles. The van der Waals surface area contributed by atoms with Crippen LogP contribution >= 0.6 is 0 Å². The summed E-state index contributed by atoms with van der Waals surface area (Å²) in [6.07, 6.45) is 3.16. The van der Waals surface area contributed by atoms with Crippen molar-refractivity contribution in [2.45, 2.75) is 19.1 Å². The van der Waals surface area contributed by atoms with Crippen LogP contribution < -0.4 is 10.6 Å². The zero-order chi connectivity index (χ0) is 17.0. The van der Waals surface area contributed by atoms with Crippen molar-refractivity contribution in [3.63, 3.8) is 0 Å². The minimum atomic E-state index is -1.28. The van der Waals surface area contributed by atoms with E-state index in [1.807, 2.05) is 0 Å². The Morgan fingerprint density at radius 1 is 1.30 bits per heavy atom. The van der Waals surface area contributed by atoms with Gasteiger partial charge in [0.1, 0.15) is 17.2 Å². The van der Waals surface area contributed by atoms with Crippen LogP contribution in [-0.2, 0) is 19.2 Å².